The first-order chi connectivity index (χ1) is 13.9. The molecule has 29 heavy (non-hydrogen) atoms. The van der Waals surface area contributed by atoms with Crippen molar-refractivity contribution in [3.8, 4) is 17.1 Å². The highest BCUT2D eigenvalue weighted by atomic mass is 32.2. The molecular weight excluding hydrogens is 396 g/mol. The van der Waals surface area contributed by atoms with Crippen LogP contribution in [0.3, 0.4) is 0 Å². The van der Waals surface area contributed by atoms with Crippen molar-refractivity contribution in [2.45, 2.75) is 19.0 Å². The fourth-order valence-electron chi connectivity index (χ4n) is 3.37. The van der Waals surface area contributed by atoms with Crippen LogP contribution in [0.4, 0.5) is 0 Å². The Kier molecular flexibility index (Phi) is 5.14. The van der Waals surface area contributed by atoms with Crippen molar-refractivity contribution in [2.75, 3.05) is 18.6 Å². The molecule has 4 rings (SSSR count). The van der Waals surface area contributed by atoms with Gasteiger partial charge in [0, 0.05) is 17.7 Å². The molecule has 1 saturated heterocycles. The van der Waals surface area contributed by atoms with Gasteiger partial charge >= 0.3 is 0 Å². The van der Waals surface area contributed by atoms with Gasteiger partial charge in [-0.25, -0.2) is 8.42 Å². The van der Waals surface area contributed by atoms with Crippen molar-refractivity contribution in [1.82, 2.24) is 10.1 Å². The smallest absolute Gasteiger partial charge is 0.276 e. The number of hydrogen-bond acceptors (Lipinski definition) is 7. The lowest BCUT2D eigenvalue weighted by Gasteiger charge is -2.26. The maximum absolute atomic E-state index is 13.2. The van der Waals surface area contributed by atoms with E-state index in [0.717, 1.165) is 5.56 Å². The van der Waals surface area contributed by atoms with Gasteiger partial charge in [0.1, 0.15) is 11.5 Å². The van der Waals surface area contributed by atoms with E-state index in [-0.39, 0.29) is 23.7 Å². The summed E-state index contributed by atoms with van der Waals surface area (Å²) in [6.07, 6.45) is 1.90. The van der Waals surface area contributed by atoms with E-state index in [0.29, 0.717) is 23.7 Å². The van der Waals surface area contributed by atoms with Gasteiger partial charge < -0.3 is 18.6 Å². The van der Waals surface area contributed by atoms with Crippen LogP contribution in [0.25, 0.3) is 11.3 Å². The zero-order chi connectivity index (χ0) is 20.4. The molecule has 1 aliphatic rings. The van der Waals surface area contributed by atoms with Gasteiger partial charge in [-0.3, -0.25) is 4.79 Å². The molecule has 0 saturated carbocycles. The number of methoxy groups -OCH3 is 1. The van der Waals surface area contributed by atoms with E-state index in [2.05, 4.69) is 5.16 Å². The van der Waals surface area contributed by atoms with E-state index in [1.54, 1.807) is 49.6 Å². The second-order valence-electron chi connectivity index (χ2n) is 6.87. The molecule has 0 N–H and O–H groups in total. The predicted molar refractivity (Wildman–Crippen MR) is 104 cm³/mol. The van der Waals surface area contributed by atoms with E-state index < -0.39 is 21.8 Å². The Labute approximate surface area is 168 Å². The molecule has 2 aromatic heterocycles. The number of hydrogen-bond donors (Lipinski definition) is 0. The summed E-state index contributed by atoms with van der Waals surface area (Å²) in [6.45, 7) is 0.163. The van der Waals surface area contributed by atoms with Crippen LogP contribution >= 0.6 is 0 Å². The number of carbonyl (C=O) groups excluding carboxylic acids is 1. The number of amides is 1. The zero-order valence-corrected chi connectivity index (χ0v) is 16.6. The molecule has 152 valence electrons. The van der Waals surface area contributed by atoms with Crippen molar-refractivity contribution >= 4 is 15.7 Å². The van der Waals surface area contributed by atoms with Gasteiger partial charge in [0.05, 0.1) is 31.4 Å². The number of benzene rings is 1. The minimum atomic E-state index is -3.16. The second kappa shape index (κ2) is 7.75. The Balaban J connectivity index is 1.59. The number of nitrogens with zero attached hydrogens (tertiary/aromatic N) is 2. The molecule has 1 aliphatic heterocycles. The van der Waals surface area contributed by atoms with Crippen LogP contribution in [0, 0.1) is 0 Å². The molecule has 3 heterocycles. The van der Waals surface area contributed by atoms with E-state index in [4.69, 9.17) is 13.7 Å². The molecule has 0 aliphatic carbocycles. The summed E-state index contributed by atoms with van der Waals surface area (Å²) in [4.78, 5) is 14.7. The van der Waals surface area contributed by atoms with Crippen molar-refractivity contribution in [3.05, 3.63) is 60.2 Å². The Hall–Kier alpha value is -3.07. The van der Waals surface area contributed by atoms with Gasteiger partial charge in [-0.15, -0.1) is 0 Å². The minimum absolute atomic E-state index is 0.0650. The van der Waals surface area contributed by atoms with Gasteiger partial charge in [0.15, 0.2) is 21.3 Å². The third-order valence-corrected chi connectivity index (χ3v) is 6.67. The van der Waals surface area contributed by atoms with Crippen LogP contribution < -0.4 is 4.74 Å². The summed E-state index contributed by atoms with van der Waals surface area (Å²) in [5.41, 5.74) is 0.866. The van der Waals surface area contributed by atoms with Crippen molar-refractivity contribution in [3.63, 3.8) is 0 Å². The highest BCUT2D eigenvalue weighted by Crippen LogP contribution is 2.26. The van der Waals surface area contributed by atoms with E-state index in [9.17, 15) is 13.2 Å². The molecule has 0 bridgehead atoms. The van der Waals surface area contributed by atoms with E-state index in [1.807, 2.05) is 0 Å². The van der Waals surface area contributed by atoms with Gasteiger partial charge in [-0.1, -0.05) is 5.16 Å². The first-order valence-electron chi connectivity index (χ1n) is 9.10. The normalized spacial score (nSPS) is 17.9. The summed E-state index contributed by atoms with van der Waals surface area (Å²) < 4.78 is 39.7. The van der Waals surface area contributed by atoms with Crippen molar-refractivity contribution in [2.24, 2.45) is 0 Å². The SMILES string of the molecule is COc1ccc(-c2cc(C(=O)N(Cc3ccco3)[C@@H]3CCS(=O)(=O)C3)no2)cc1. The molecule has 1 aromatic carbocycles. The molecular formula is C20H20N2O6S. The fourth-order valence-corrected chi connectivity index (χ4v) is 5.10. The highest BCUT2D eigenvalue weighted by Gasteiger charge is 2.36. The zero-order valence-electron chi connectivity index (χ0n) is 15.8. The molecule has 1 atom stereocenters. The van der Waals surface area contributed by atoms with Crippen LogP contribution in [0.1, 0.15) is 22.7 Å². The Morgan fingerprint density at radius 2 is 2.07 bits per heavy atom. The van der Waals surface area contributed by atoms with Gasteiger partial charge in [-0.05, 0) is 42.8 Å². The molecule has 8 nitrogen and oxygen atoms in total. The molecule has 0 unspecified atom stereocenters. The lowest BCUT2D eigenvalue weighted by molar-refractivity contribution is 0.0655. The Bertz CT molecular complexity index is 1090. The number of sulfone groups is 1. The molecule has 1 amide bonds. The van der Waals surface area contributed by atoms with Crippen LogP contribution in [0.15, 0.2) is 57.7 Å². The maximum atomic E-state index is 13.2. The number of aromatic nitrogens is 1. The summed E-state index contributed by atoms with van der Waals surface area (Å²) >= 11 is 0. The summed E-state index contributed by atoms with van der Waals surface area (Å²) in [7, 11) is -1.58. The van der Waals surface area contributed by atoms with Crippen LogP contribution in [-0.4, -0.2) is 49.0 Å². The number of carbonyl (C=O) groups is 1. The average molecular weight is 416 g/mol. The average Bonchev–Trinajstić information content (AvgIpc) is 3.47. The Morgan fingerprint density at radius 3 is 2.69 bits per heavy atom. The lowest BCUT2D eigenvalue weighted by atomic mass is 10.1. The monoisotopic (exact) mass is 416 g/mol. The third kappa shape index (κ3) is 4.19. The largest absolute Gasteiger partial charge is 0.497 e. The van der Waals surface area contributed by atoms with Gasteiger partial charge in [0.2, 0.25) is 0 Å². The first-order valence-corrected chi connectivity index (χ1v) is 10.9. The lowest BCUT2D eigenvalue weighted by Crippen LogP contribution is -2.40. The third-order valence-electron chi connectivity index (χ3n) is 4.92. The predicted octanol–water partition coefficient (Wildman–Crippen LogP) is 2.77. The molecule has 0 radical (unpaired) electrons. The standard InChI is InChI=1S/C20H20N2O6S/c1-26-16-6-4-14(5-7-16)19-11-18(21-28-19)20(23)22(12-17-3-2-9-27-17)15-8-10-29(24,25)13-15/h2-7,9,11,15H,8,10,12-13H2,1H3/t15-/m1/s1. The van der Waals surface area contributed by atoms with Crippen LogP contribution in [-0.2, 0) is 16.4 Å². The minimum Gasteiger partial charge on any atom is -0.497 e. The van der Waals surface area contributed by atoms with E-state index >= 15 is 0 Å². The second-order valence-corrected chi connectivity index (χ2v) is 9.10. The molecule has 3 aromatic rings. The van der Waals surface area contributed by atoms with Crippen LogP contribution in [0.2, 0.25) is 0 Å². The topological polar surface area (TPSA) is 103 Å². The first kappa shape index (κ1) is 19.3. The Morgan fingerprint density at radius 1 is 1.28 bits per heavy atom. The number of furan rings is 1. The molecule has 0 spiro atoms. The highest BCUT2D eigenvalue weighted by molar-refractivity contribution is 7.91. The summed E-state index contributed by atoms with van der Waals surface area (Å²) in [6, 6.07) is 11.8. The number of ether oxygens (including phenoxy) is 1. The van der Waals surface area contributed by atoms with Crippen molar-refractivity contribution < 1.29 is 26.9 Å². The molecule has 9 heteroatoms. The summed E-state index contributed by atoms with van der Waals surface area (Å²) in [5.74, 6) is 1.32. The van der Waals surface area contributed by atoms with Gasteiger partial charge in [-0.2, -0.15) is 0 Å². The molecule has 1 fully saturated rings. The van der Waals surface area contributed by atoms with Gasteiger partial charge in [0.25, 0.3) is 5.91 Å². The maximum Gasteiger partial charge on any atom is 0.276 e. The van der Waals surface area contributed by atoms with Crippen molar-refractivity contribution in [1.29, 1.82) is 0 Å². The van der Waals surface area contributed by atoms with E-state index in [1.165, 1.54) is 11.2 Å². The fraction of sp³-hybridized carbons (Fsp3) is 0.300. The quantitative estimate of drug-likeness (QED) is 0.609. The van der Waals surface area contributed by atoms with Crippen LogP contribution in [0.5, 0.6) is 5.75 Å². The summed E-state index contributed by atoms with van der Waals surface area (Å²) in [5, 5.41) is 3.92. The number of rotatable bonds is 6.